The Labute approximate surface area is 147 Å². The first-order valence-electron chi connectivity index (χ1n) is 8.24. The van der Waals surface area contributed by atoms with Crippen LogP contribution in [0.1, 0.15) is 12.0 Å². The van der Waals surface area contributed by atoms with Gasteiger partial charge >= 0.3 is 0 Å². The van der Waals surface area contributed by atoms with Gasteiger partial charge in [0.15, 0.2) is 0 Å². The molecule has 0 saturated carbocycles. The van der Waals surface area contributed by atoms with Gasteiger partial charge in [-0.05, 0) is 18.2 Å². The lowest BCUT2D eigenvalue weighted by Crippen LogP contribution is -2.21. The second-order valence-electron chi connectivity index (χ2n) is 5.67. The van der Waals surface area contributed by atoms with E-state index in [1.807, 2.05) is 54.6 Å². The molecule has 0 aliphatic heterocycles. The molecule has 3 rings (SSSR count). The van der Waals surface area contributed by atoms with Gasteiger partial charge in [-0.3, -0.25) is 9.78 Å². The van der Waals surface area contributed by atoms with Gasteiger partial charge in [-0.25, -0.2) is 0 Å². The number of hydrogen-bond donors (Lipinski definition) is 2. The summed E-state index contributed by atoms with van der Waals surface area (Å²) in [5.41, 5.74) is 2.62. The molecule has 0 fully saturated rings. The number of amides is 1. The third kappa shape index (κ3) is 4.33. The van der Waals surface area contributed by atoms with Crippen molar-refractivity contribution in [1.82, 2.24) is 10.3 Å². The first-order valence-corrected chi connectivity index (χ1v) is 8.24. The Balaban J connectivity index is 1.51. The number of nitrogens with zero attached hydrogens (tertiary/aromatic N) is 1. The number of benzene rings is 2. The smallest absolute Gasteiger partial charge is 0.225 e. The quantitative estimate of drug-likeness (QED) is 0.650. The minimum atomic E-state index is -0.0364. The van der Waals surface area contributed by atoms with Crippen molar-refractivity contribution in [2.75, 3.05) is 19.0 Å². The fraction of sp³-hybridized carbons (Fsp3) is 0.200. The first-order chi connectivity index (χ1) is 12.3. The monoisotopic (exact) mass is 335 g/mol. The second-order valence-corrected chi connectivity index (χ2v) is 5.67. The van der Waals surface area contributed by atoms with Crippen molar-refractivity contribution in [3.8, 4) is 5.75 Å². The number of methoxy groups -OCH3 is 1. The highest BCUT2D eigenvalue weighted by molar-refractivity contribution is 6.00. The predicted molar refractivity (Wildman–Crippen MR) is 99.7 cm³/mol. The third-order valence-electron chi connectivity index (χ3n) is 3.94. The fourth-order valence-corrected chi connectivity index (χ4v) is 2.69. The van der Waals surface area contributed by atoms with E-state index < -0.39 is 0 Å². The molecule has 5 nitrogen and oxygen atoms in total. The first kappa shape index (κ1) is 16.9. The molecule has 1 amide bonds. The van der Waals surface area contributed by atoms with E-state index in [2.05, 4.69) is 15.6 Å². The van der Waals surface area contributed by atoms with Crippen LogP contribution in [0.4, 0.5) is 5.69 Å². The highest BCUT2D eigenvalue weighted by Gasteiger charge is 2.07. The molecule has 0 bridgehead atoms. The number of carbonyl (C=O) groups excluding carboxylic acids is 1. The summed E-state index contributed by atoms with van der Waals surface area (Å²) in [7, 11) is 1.66. The van der Waals surface area contributed by atoms with Crippen molar-refractivity contribution in [2.45, 2.75) is 13.0 Å². The number of para-hydroxylation sites is 2. The van der Waals surface area contributed by atoms with Crippen LogP contribution in [0.25, 0.3) is 10.9 Å². The zero-order valence-electron chi connectivity index (χ0n) is 14.2. The third-order valence-corrected chi connectivity index (χ3v) is 3.94. The second kappa shape index (κ2) is 8.26. The molecular formula is C20H21N3O2. The summed E-state index contributed by atoms with van der Waals surface area (Å²) in [5.74, 6) is 0.812. The molecule has 2 aromatic carbocycles. The van der Waals surface area contributed by atoms with Crippen LogP contribution in [-0.4, -0.2) is 24.5 Å². The molecule has 128 valence electrons. The molecule has 2 N–H and O–H groups in total. The summed E-state index contributed by atoms with van der Waals surface area (Å²) in [6.07, 6.45) is 2.12. The maximum absolute atomic E-state index is 12.2. The predicted octanol–water partition coefficient (Wildman–Crippen LogP) is 3.36. The molecule has 0 aliphatic carbocycles. The van der Waals surface area contributed by atoms with E-state index in [1.54, 1.807) is 13.3 Å². The summed E-state index contributed by atoms with van der Waals surface area (Å²) in [4.78, 5) is 16.5. The Morgan fingerprint density at radius 2 is 1.92 bits per heavy atom. The normalized spacial score (nSPS) is 10.6. The van der Waals surface area contributed by atoms with E-state index in [9.17, 15) is 4.79 Å². The van der Waals surface area contributed by atoms with Crippen LogP contribution in [0.15, 0.2) is 60.8 Å². The Morgan fingerprint density at radius 1 is 1.08 bits per heavy atom. The number of anilines is 1. The van der Waals surface area contributed by atoms with Gasteiger partial charge in [0.2, 0.25) is 5.91 Å². The molecule has 25 heavy (non-hydrogen) atoms. The van der Waals surface area contributed by atoms with Crippen LogP contribution < -0.4 is 15.4 Å². The lowest BCUT2D eigenvalue weighted by Gasteiger charge is -2.10. The van der Waals surface area contributed by atoms with Crippen LogP contribution >= 0.6 is 0 Å². The van der Waals surface area contributed by atoms with Gasteiger partial charge in [0.1, 0.15) is 5.75 Å². The summed E-state index contributed by atoms with van der Waals surface area (Å²) in [6.45, 7) is 1.25. The van der Waals surface area contributed by atoms with E-state index >= 15 is 0 Å². The molecule has 0 saturated heterocycles. The minimum absolute atomic E-state index is 0.0364. The number of ether oxygens (including phenoxy) is 1. The summed E-state index contributed by atoms with van der Waals surface area (Å²) in [5, 5.41) is 7.22. The molecule has 5 heteroatoms. The molecule has 0 unspecified atom stereocenters. The average molecular weight is 335 g/mol. The number of pyridine rings is 1. The van der Waals surface area contributed by atoms with Crippen molar-refractivity contribution in [1.29, 1.82) is 0 Å². The molecule has 3 aromatic rings. The highest BCUT2D eigenvalue weighted by Crippen LogP contribution is 2.20. The van der Waals surface area contributed by atoms with Gasteiger partial charge in [-0.1, -0.05) is 36.4 Å². The largest absolute Gasteiger partial charge is 0.496 e. The van der Waals surface area contributed by atoms with Gasteiger partial charge in [-0.2, -0.15) is 0 Å². The molecule has 0 aliphatic rings. The standard InChI is InChI=1S/C20H21N3O2/c1-25-18-10-3-2-6-16(18)14-21-13-11-19(24)23-17-9-4-7-15-8-5-12-22-20(15)17/h2-10,12,21H,11,13-14H2,1H3,(H,23,24). The SMILES string of the molecule is COc1ccccc1CNCCC(=O)Nc1cccc2cccnc12. The van der Waals surface area contributed by atoms with E-state index in [0.29, 0.717) is 19.5 Å². The Morgan fingerprint density at radius 3 is 2.80 bits per heavy atom. The van der Waals surface area contributed by atoms with Crippen LogP contribution in [0, 0.1) is 0 Å². The number of fused-ring (bicyclic) bond motifs is 1. The summed E-state index contributed by atoms with van der Waals surface area (Å²) in [6, 6.07) is 17.5. The van der Waals surface area contributed by atoms with Crippen molar-refractivity contribution in [3.05, 3.63) is 66.4 Å². The van der Waals surface area contributed by atoms with Gasteiger partial charge < -0.3 is 15.4 Å². The van der Waals surface area contributed by atoms with Crippen LogP contribution in [0.2, 0.25) is 0 Å². The zero-order valence-corrected chi connectivity index (χ0v) is 14.2. The number of aromatic nitrogens is 1. The van der Waals surface area contributed by atoms with E-state index in [-0.39, 0.29) is 5.91 Å². The van der Waals surface area contributed by atoms with Gasteiger partial charge in [-0.15, -0.1) is 0 Å². The Kier molecular flexibility index (Phi) is 5.59. The zero-order chi connectivity index (χ0) is 17.5. The molecule has 1 aromatic heterocycles. The number of nitrogens with one attached hydrogen (secondary N) is 2. The topological polar surface area (TPSA) is 63.2 Å². The number of rotatable bonds is 7. The van der Waals surface area contributed by atoms with Gasteiger partial charge in [0.25, 0.3) is 0 Å². The maximum Gasteiger partial charge on any atom is 0.225 e. The highest BCUT2D eigenvalue weighted by atomic mass is 16.5. The minimum Gasteiger partial charge on any atom is -0.496 e. The van der Waals surface area contributed by atoms with Crippen molar-refractivity contribution >= 4 is 22.5 Å². The molecule has 1 heterocycles. The maximum atomic E-state index is 12.2. The molecule has 0 atom stereocenters. The molecular weight excluding hydrogens is 314 g/mol. The van der Waals surface area contributed by atoms with Crippen molar-refractivity contribution in [3.63, 3.8) is 0 Å². The fourth-order valence-electron chi connectivity index (χ4n) is 2.69. The van der Waals surface area contributed by atoms with Gasteiger partial charge in [0, 0.05) is 36.7 Å². The Hall–Kier alpha value is -2.92. The van der Waals surface area contributed by atoms with E-state index in [4.69, 9.17) is 4.74 Å². The van der Waals surface area contributed by atoms with Crippen molar-refractivity contribution < 1.29 is 9.53 Å². The van der Waals surface area contributed by atoms with E-state index in [0.717, 1.165) is 27.9 Å². The molecule has 0 spiro atoms. The van der Waals surface area contributed by atoms with Crippen molar-refractivity contribution in [2.24, 2.45) is 0 Å². The number of carbonyl (C=O) groups is 1. The lowest BCUT2D eigenvalue weighted by atomic mass is 10.2. The van der Waals surface area contributed by atoms with Crippen LogP contribution in [0.5, 0.6) is 5.75 Å². The Bertz CT molecular complexity index is 859. The number of hydrogen-bond acceptors (Lipinski definition) is 4. The summed E-state index contributed by atoms with van der Waals surface area (Å²) >= 11 is 0. The van der Waals surface area contributed by atoms with Crippen LogP contribution in [-0.2, 0) is 11.3 Å². The summed E-state index contributed by atoms with van der Waals surface area (Å²) < 4.78 is 5.32. The molecule has 0 radical (unpaired) electrons. The van der Waals surface area contributed by atoms with Crippen LogP contribution in [0.3, 0.4) is 0 Å². The van der Waals surface area contributed by atoms with E-state index in [1.165, 1.54) is 0 Å². The lowest BCUT2D eigenvalue weighted by molar-refractivity contribution is -0.116. The van der Waals surface area contributed by atoms with Gasteiger partial charge in [0.05, 0.1) is 18.3 Å². The average Bonchev–Trinajstić information content (AvgIpc) is 2.66.